The SMILES string of the molecule is CCNC(Cc1cc(C)cc(C)c1)c1ccc(C)cc1C. The van der Waals surface area contributed by atoms with E-state index in [0.29, 0.717) is 6.04 Å². The van der Waals surface area contributed by atoms with Gasteiger partial charge in [0.25, 0.3) is 0 Å². The third-order valence-electron chi connectivity index (χ3n) is 3.97. The maximum Gasteiger partial charge on any atom is 0.0363 e. The molecule has 0 spiro atoms. The molecule has 1 heteroatoms. The van der Waals surface area contributed by atoms with Crippen LogP contribution in [0.3, 0.4) is 0 Å². The molecule has 1 atom stereocenters. The Hall–Kier alpha value is -1.60. The lowest BCUT2D eigenvalue weighted by molar-refractivity contribution is 0.547. The van der Waals surface area contributed by atoms with Crippen LogP contribution in [-0.4, -0.2) is 6.54 Å². The van der Waals surface area contributed by atoms with E-state index in [1.165, 1.54) is 33.4 Å². The Kier molecular flexibility index (Phi) is 5.19. The summed E-state index contributed by atoms with van der Waals surface area (Å²) in [5, 5.41) is 3.65. The molecule has 0 radical (unpaired) electrons. The van der Waals surface area contributed by atoms with Crippen LogP contribution in [0.25, 0.3) is 0 Å². The Bertz CT molecular complexity index is 593. The van der Waals surface area contributed by atoms with Crippen LogP contribution in [0.4, 0.5) is 0 Å². The van der Waals surface area contributed by atoms with Gasteiger partial charge in [0, 0.05) is 6.04 Å². The molecule has 0 amide bonds. The molecular formula is C20H27N. The summed E-state index contributed by atoms with van der Waals surface area (Å²) < 4.78 is 0. The summed E-state index contributed by atoms with van der Waals surface area (Å²) in [5.41, 5.74) is 8.24. The highest BCUT2D eigenvalue weighted by Crippen LogP contribution is 2.23. The van der Waals surface area contributed by atoms with Crippen molar-refractivity contribution >= 4 is 0 Å². The zero-order valence-electron chi connectivity index (χ0n) is 14.0. The number of aryl methyl sites for hydroxylation is 4. The predicted octanol–water partition coefficient (Wildman–Crippen LogP) is 4.81. The number of nitrogens with one attached hydrogen (secondary N) is 1. The van der Waals surface area contributed by atoms with E-state index in [1.54, 1.807) is 0 Å². The Morgan fingerprint density at radius 2 is 1.52 bits per heavy atom. The highest BCUT2D eigenvalue weighted by atomic mass is 14.9. The van der Waals surface area contributed by atoms with Gasteiger partial charge >= 0.3 is 0 Å². The first kappa shape index (κ1) is 15.8. The largest absolute Gasteiger partial charge is 0.310 e. The second-order valence-electron chi connectivity index (χ2n) is 6.17. The van der Waals surface area contributed by atoms with Gasteiger partial charge in [-0.1, -0.05) is 60.0 Å². The first-order valence-electron chi connectivity index (χ1n) is 7.87. The van der Waals surface area contributed by atoms with Gasteiger partial charge in [-0.2, -0.15) is 0 Å². The smallest absolute Gasteiger partial charge is 0.0363 e. The summed E-state index contributed by atoms with van der Waals surface area (Å²) in [4.78, 5) is 0. The quantitative estimate of drug-likeness (QED) is 0.829. The molecular weight excluding hydrogens is 254 g/mol. The van der Waals surface area contributed by atoms with Crippen molar-refractivity contribution in [1.29, 1.82) is 0 Å². The summed E-state index contributed by atoms with van der Waals surface area (Å²) in [6.07, 6.45) is 1.04. The molecule has 0 aliphatic heterocycles. The molecule has 2 aromatic carbocycles. The van der Waals surface area contributed by atoms with Crippen LogP contribution >= 0.6 is 0 Å². The number of hydrogen-bond donors (Lipinski definition) is 1. The summed E-state index contributed by atoms with van der Waals surface area (Å²) in [6.45, 7) is 11.9. The van der Waals surface area contributed by atoms with Crippen LogP contribution in [0.2, 0.25) is 0 Å². The lowest BCUT2D eigenvalue weighted by Crippen LogP contribution is -2.23. The molecule has 112 valence electrons. The Morgan fingerprint density at radius 3 is 2.10 bits per heavy atom. The molecule has 1 nitrogen and oxygen atoms in total. The Morgan fingerprint density at radius 1 is 0.857 bits per heavy atom. The molecule has 0 heterocycles. The topological polar surface area (TPSA) is 12.0 Å². The molecule has 21 heavy (non-hydrogen) atoms. The minimum atomic E-state index is 0.386. The van der Waals surface area contributed by atoms with E-state index < -0.39 is 0 Å². The molecule has 1 unspecified atom stereocenters. The average Bonchev–Trinajstić information content (AvgIpc) is 2.37. The van der Waals surface area contributed by atoms with Gasteiger partial charge in [0.1, 0.15) is 0 Å². The van der Waals surface area contributed by atoms with Crippen LogP contribution in [0, 0.1) is 27.7 Å². The standard InChI is InChI=1S/C20H27N/c1-6-21-20(19-8-7-14(2)10-17(19)5)13-18-11-15(3)9-16(4)12-18/h7-12,20-21H,6,13H2,1-5H3. The van der Waals surface area contributed by atoms with Gasteiger partial charge in [-0.3, -0.25) is 0 Å². The average molecular weight is 281 g/mol. The maximum atomic E-state index is 3.65. The van der Waals surface area contributed by atoms with Gasteiger partial charge in [-0.05, 0) is 57.4 Å². The molecule has 0 saturated heterocycles. The van der Waals surface area contributed by atoms with E-state index in [9.17, 15) is 0 Å². The van der Waals surface area contributed by atoms with E-state index in [4.69, 9.17) is 0 Å². The van der Waals surface area contributed by atoms with Crippen molar-refractivity contribution in [1.82, 2.24) is 5.32 Å². The maximum absolute atomic E-state index is 3.65. The zero-order valence-corrected chi connectivity index (χ0v) is 14.0. The highest BCUT2D eigenvalue weighted by molar-refractivity contribution is 5.35. The zero-order chi connectivity index (χ0) is 15.4. The van der Waals surface area contributed by atoms with Crippen molar-refractivity contribution in [2.45, 2.75) is 47.1 Å². The van der Waals surface area contributed by atoms with Gasteiger partial charge < -0.3 is 5.32 Å². The number of rotatable bonds is 5. The van der Waals surface area contributed by atoms with Gasteiger partial charge in [-0.15, -0.1) is 0 Å². The molecule has 1 N–H and O–H groups in total. The number of hydrogen-bond acceptors (Lipinski definition) is 1. The van der Waals surface area contributed by atoms with E-state index in [1.807, 2.05) is 0 Å². The lowest BCUT2D eigenvalue weighted by Gasteiger charge is -2.21. The van der Waals surface area contributed by atoms with Gasteiger partial charge in [0.15, 0.2) is 0 Å². The summed E-state index contributed by atoms with van der Waals surface area (Å²) in [5.74, 6) is 0. The van der Waals surface area contributed by atoms with Crippen LogP contribution in [0.5, 0.6) is 0 Å². The molecule has 2 aromatic rings. The summed E-state index contributed by atoms with van der Waals surface area (Å²) in [7, 11) is 0. The Labute approximate surface area is 129 Å². The first-order valence-corrected chi connectivity index (χ1v) is 7.87. The number of likely N-dealkylation sites (N-methyl/N-ethyl adjacent to an activating group) is 1. The second-order valence-corrected chi connectivity index (χ2v) is 6.17. The number of benzene rings is 2. The minimum Gasteiger partial charge on any atom is -0.310 e. The second kappa shape index (κ2) is 6.91. The predicted molar refractivity (Wildman–Crippen MR) is 92.0 cm³/mol. The third kappa shape index (κ3) is 4.18. The highest BCUT2D eigenvalue weighted by Gasteiger charge is 2.14. The molecule has 0 aromatic heterocycles. The Balaban J connectivity index is 2.30. The third-order valence-corrected chi connectivity index (χ3v) is 3.97. The van der Waals surface area contributed by atoms with E-state index in [0.717, 1.165) is 13.0 Å². The van der Waals surface area contributed by atoms with Crippen molar-refractivity contribution in [3.05, 3.63) is 69.8 Å². The van der Waals surface area contributed by atoms with Crippen molar-refractivity contribution in [2.24, 2.45) is 0 Å². The van der Waals surface area contributed by atoms with E-state index in [2.05, 4.69) is 76.3 Å². The lowest BCUT2D eigenvalue weighted by atomic mass is 9.93. The van der Waals surface area contributed by atoms with Crippen LogP contribution in [0.15, 0.2) is 36.4 Å². The summed E-state index contributed by atoms with van der Waals surface area (Å²) >= 11 is 0. The summed E-state index contributed by atoms with van der Waals surface area (Å²) in [6, 6.07) is 14.0. The molecule has 0 fully saturated rings. The van der Waals surface area contributed by atoms with Crippen molar-refractivity contribution in [3.8, 4) is 0 Å². The monoisotopic (exact) mass is 281 g/mol. The van der Waals surface area contributed by atoms with E-state index in [-0.39, 0.29) is 0 Å². The van der Waals surface area contributed by atoms with Crippen molar-refractivity contribution < 1.29 is 0 Å². The first-order chi connectivity index (χ1) is 9.99. The molecule has 0 aliphatic carbocycles. The molecule has 0 saturated carbocycles. The van der Waals surface area contributed by atoms with Crippen molar-refractivity contribution in [2.75, 3.05) is 6.54 Å². The van der Waals surface area contributed by atoms with Gasteiger partial charge in [0.05, 0.1) is 0 Å². The normalized spacial score (nSPS) is 12.4. The van der Waals surface area contributed by atoms with Crippen LogP contribution in [-0.2, 0) is 6.42 Å². The fraction of sp³-hybridized carbons (Fsp3) is 0.400. The fourth-order valence-corrected chi connectivity index (χ4v) is 3.18. The molecule has 2 rings (SSSR count). The van der Waals surface area contributed by atoms with Crippen LogP contribution in [0.1, 0.15) is 46.3 Å². The molecule has 0 bridgehead atoms. The fourth-order valence-electron chi connectivity index (χ4n) is 3.18. The van der Waals surface area contributed by atoms with E-state index >= 15 is 0 Å². The van der Waals surface area contributed by atoms with Crippen molar-refractivity contribution in [3.63, 3.8) is 0 Å². The molecule has 0 aliphatic rings. The van der Waals surface area contributed by atoms with Crippen LogP contribution < -0.4 is 5.32 Å². The minimum absolute atomic E-state index is 0.386. The van der Waals surface area contributed by atoms with Gasteiger partial charge in [-0.25, -0.2) is 0 Å². The van der Waals surface area contributed by atoms with Gasteiger partial charge in [0.2, 0.25) is 0 Å².